The second kappa shape index (κ2) is 8.92. The van der Waals surface area contributed by atoms with Crippen LogP contribution in [0.3, 0.4) is 0 Å². The van der Waals surface area contributed by atoms with Gasteiger partial charge in [0.05, 0.1) is 15.1 Å². The lowest BCUT2D eigenvalue weighted by Gasteiger charge is -2.35. The lowest BCUT2D eigenvalue weighted by Crippen LogP contribution is -2.48. The number of carbonyl (C=O) groups is 1. The number of amides is 1. The second-order valence-corrected chi connectivity index (χ2v) is 11.3. The van der Waals surface area contributed by atoms with Crippen LogP contribution in [0.4, 0.5) is 5.69 Å². The Morgan fingerprint density at radius 2 is 1.61 bits per heavy atom. The molecule has 0 N–H and O–H groups in total. The first-order valence-electron chi connectivity index (χ1n) is 11.1. The number of anilines is 1. The molecule has 10 heteroatoms. The minimum absolute atomic E-state index is 0.00756. The van der Waals surface area contributed by atoms with Crippen LogP contribution in [0, 0.1) is 0 Å². The normalized spacial score (nSPS) is 17.7. The van der Waals surface area contributed by atoms with Crippen molar-refractivity contribution in [2.75, 3.05) is 44.2 Å². The van der Waals surface area contributed by atoms with E-state index in [1.54, 1.807) is 23.1 Å². The fourth-order valence-corrected chi connectivity index (χ4v) is 6.99. The number of rotatable bonds is 5. The Balaban J connectivity index is 1.34. The predicted molar refractivity (Wildman–Crippen MR) is 129 cm³/mol. The Hall–Kier alpha value is -2.69. The number of aromatic nitrogens is 1. The Morgan fingerprint density at radius 1 is 0.909 bits per heavy atom. The van der Waals surface area contributed by atoms with Gasteiger partial charge in [0, 0.05) is 45.0 Å². The Morgan fingerprint density at radius 3 is 2.30 bits per heavy atom. The van der Waals surface area contributed by atoms with Crippen molar-refractivity contribution in [2.45, 2.75) is 24.3 Å². The quantitative estimate of drug-likeness (QED) is 0.552. The molecule has 0 spiro atoms. The second-order valence-electron chi connectivity index (χ2n) is 8.40. The molecule has 1 amide bonds. The number of hydrogen-bond donors (Lipinski definition) is 0. The third-order valence-corrected chi connectivity index (χ3v) is 9.23. The first kappa shape index (κ1) is 22.1. The molecule has 3 aromatic rings. The average Bonchev–Trinajstić information content (AvgIpc) is 3.48. The maximum Gasteiger partial charge on any atom is 0.308 e. The van der Waals surface area contributed by atoms with E-state index in [0.29, 0.717) is 36.4 Å². The standard InChI is InChI=1S/C23H26N4O4S2/c28-22(25-10-4-5-11-25)17-27-20-9-8-19(16-21(20)32-23(27)29)33(30,31)26-14-12-24(13-15-26)18-6-2-1-3-7-18/h1-3,6-9,16H,4-5,10-15,17H2. The van der Waals surface area contributed by atoms with Gasteiger partial charge in [0.15, 0.2) is 0 Å². The topological polar surface area (TPSA) is 82.9 Å². The molecule has 174 valence electrons. The minimum atomic E-state index is -3.67. The number of para-hydroxylation sites is 1. The van der Waals surface area contributed by atoms with Gasteiger partial charge in [-0.3, -0.25) is 14.2 Å². The maximum atomic E-state index is 13.3. The van der Waals surface area contributed by atoms with Gasteiger partial charge in [-0.2, -0.15) is 4.31 Å². The van der Waals surface area contributed by atoms with Crippen molar-refractivity contribution in [3.05, 3.63) is 58.2 Å². The Bertz CT molecular complexity index is 1320. The first-order chi connectivity index (χ1) is 15.9. The molecule has 2 aliphatic rings. The number of sulfonamides is 1. The van der Waals surface area contributed by atoms with E-state index < -0.39 is 10.0 Å². The number of carbonyl (C=O) groups excluding carboxylic acids is 1. The Kier molecular flexibility index (Phi) is 5.98. The van der Waals surface area contributed by atoms with Gasteiger partial charge in [-0.25, -0.2) is 8.42 Å². The molecule has 5 rings (SSSR count). The van der Waals surface area contributed by atoms with Gasteiger partial charge >= 0.3 is 4.87 Å². The van der Waals surface area contributed by atoms with E-state index in [0.717, 1.165) is 43.0 Å². The molecule has 2 fully saturated rings. The van der Waals surface area contributed by atoms with Crippen molar-refractivity contribution >= 4 is 43.2 Å². The summed E-state index contributed by atoms with van der Waals surface area (Å²) in [6.45, 7) is 3.49. The van der Waals surface area contributed by atoms with E-state index in [1.807, 2.05) is 30.3 Å². The summed E-state index contributed by atoms with van der Waals surface area (Å²) in [5, 5.41) is 0. The molecular formula is C23H26N4O4S2. The molecule has 0 aliphatic carbocycles. The fraction of sp³-hybridized carbons (Fsp3) is 0.391. The smallest absolute Gasteiger partial charge is 0.308 e. The number of likely N-dealkylation sites (tertiary alicyclic amines) is 1. The molecule has 33 heavy (non-hydrogen) atoms. The fourth-order valence-electron chi connectivity index (χ4n) is 4.53. The van der Waals surface area contributed by atoms with E-state index in [4.69, 9.17) is 0 Å². The highest BCUT2D eigenvalue weighted by molar-refractivity contribution is 7.89. The lowest BCUT2D eigenvalue weighted by molar-refractivity contribution is -0.130. The third kappa shape index (κ3) is 4.30. The van der Waals surface area contributed by atoms with Crippen LogP contribution in [0.5, 0.6) is 0 Å². The van der Waals surface area contributed by atoms with Crippen molar-refractivity contribution in [3.8, 4) is 0 Å². The van der Waals surface area contributed by atoms with Crippen molar-refractivity contribution in [1.29, 1.82) is 0 Å². The number of nitrogens with zero attached hydrogens (tertiary/aromatic N) is 4. The lowest BCUT2D eigenvalue weighted by atomic mass is 10.2. The molecule has 3 heterocycles. The maximum absolute atomic E-state index is 13.3. The summed E-state index contributed by atoms with van der Waals surface area (Å²) in [7, 11) is -3.67. The summed E-state index contributed by atoms with van der Waals surface area (Å²) in [5.41, 5.74) is 1.69. The highest BCUT2D eigenvalue weighted by Gasteiger charge is 2.29. The Labute approximate surface area is 196 Å². The number of fused-ring (bicyclic) bond motifs is 1. The zero-order valence-corrected chi connectivity index (χ0v) is 19.9. The predicted octanol–water partition coefficient (Wildman–Crippen LogP) is 2.20. The molecule has 0 unspecified atom stereocenters. The highest BCUT2D eigenvalue weighted by Crippen LogP contribution is 2.26. The van der Waals surface area contributed by atoms with E-state index in [1.165, 1.54) is 8.87 Å². The van der Waals surface area contributed by atoms with Crippen LogP contribution in [-0.2, 0) is 21.4 Å². The van der Waals surface area contributed by atoms with E-state index >= 15 is 0 Å². The van der Waals surface area contributed by atoms with Crippen LogP contribution in [0.15, 0.2) is 58.2 Å². The van der Waals surface area contributed by atoms with Crippen LogP contribution in [-0.4, -0.2) is 67.4 Å². The molecule has 2 saturated heterocycles. The van der Waals surface area contributed by atoms with Gasteiger partial charge in [0.25, 0.3) is 0 Å². The van der Waals surface area contributed by atoms with Crippen LogP contribution < -0.4 is 9.77 Å². The summed E-state index contributed by atoms with van der Waals surface area (Å²) in [4.78, 5) is 29.0. The number of piperazine rings is 1. The number of hydrogen-bond acceptors (Lipinski definition) is 6. The SMILES string of the molecule is O=C(Cn1c(=O)sc2cc(S(=O)(=O)N3CCN(c4ccccc4)CC3)ccc21)N1CCCC1. The van der Waals surface area contributed by atoms with Gasteiger partial charge < -0.3 is 9.80 Å². The molecule has 8 nitrogen and oxygen atoms in total. The molecule has 0 saturated carbocycles. The van der Waals surface area contributed by atoms with Crippen LogP contribution in [0.2, 0.25) is 0 Å². The molecule has 0 atom stereocenters. The minimum Gasteiger partial charge on any atom is -0.369 e. The van der Waals surface area contributed by atoms with Crippen LogP contribution >= 0.6 is 11.3 Å². The molecular weight excluding hydrogens is 460 g/mol. The first-order valence-corrected chi connectivity index (χ1v) is 13.4. The molecule has 1 aromatic heterocycles. The summed E-state index contributed by atoms with van der Waals surface area (Å²) in [5.74, 6) is -0.0673. The van der Waals surface area contributed by atoms with Gasteiger partial charge in [-0.05, 0) is 43.2 Å². The van der Waals surface area contributed by atoms with Gasteiger partial charge in [-0.15, -0.1) is 0 Å². The van der Waals surface area contributed by atoms with Crippen molar-refractivity contribution in [1.82, 2.24) is 13.8 Å². The number of thiazole rings is 1. The van der Waals surface area contributed by atoms with Crippen molar-refractivity contribution in [2.24, 2.45) is 0 Å². The number of benzene rings is 2. The van der Waals surface area contributed by atoms with Gasteiger partial charge in [0.1, 0.15) is 6.54 Å². The van der Waals surface area contributed by atoms with E-state index in [2.05, 4.69) is 4.90 Å². The summed E-state index contributed by atoms with van der Waals surface area (Å²) in [6.07, 6.45) is 1.98. The molecule has 2 aliphatic heterocycles. The highest BCUT2D eigenvalue weighted by atomic mass is 32.2. The molecule has 2 aromatic carbocycles. The van der Waals surface area contributed by atoms with Crippen molar-refractivity contribution < 1.29 is 13.2 Å². The monoisotopic (exact) mass is 486 g/mol. The summed E-state index contributed by atoms with van der Waals surface area (Å²) >= 11 is 0.983. The zero-order valence-electron chi connectivity index (χ0n) is 18.2. The van der Waals surface area contributed by atoms with Gasteiger partial charge in [-0.1, -0.05) is 29.5 Å². The summed E-state index contributed by atoms with van der Waals surface area (Å²) < 4.78 is 30.1. The van der Waals surface area contributed by atoms with Crippen LogP contribution in [0.25, 0.3) is 10.2 Å². The third-order valence-electron chi connectivity index (χ3n) is 6.39. The summed E-state index contributed by atoms with van der Waals surface area (Å²) in [6, 6.07) is 14.7. The van der Waals surface area contributed by atoms with Crippen LogP contribution in [0.1, 0.15) is 12.8 Å². The van der Waals surface area contributed by atoms with Crippen molar-refractivity contribution in [3.63, 3.8) is 0 Å². The molecule has 0 radical (unpaired) electrons. The van der Waals surface area contributed by atoms with E-state index in [-0.39, 0.29) is 22.2 Å². The average molecular weight is 487 g/mol. The van der Waals surface area contributed by atoms with Gasteiger partial charge in [0.2, 0.25) is 15.9 Å². The molecule has 0 bridgehead atoms. The zero-order chi connectivity index (χ0) is 23.0. The van der Waals surface area contributed by atoms with E-state index in [9.17, 15) is 18.0 Å². The largest absolute Gasteiger partial charge is 0.369 e.